The molecule has 0 N–H and O–H groups in total. The molecule has 0 unspecified atom stereocenters. The van der Waals surface area contributed by atoms with E-state index >= 15 is 0 Å². The highest BCUT2D eigenvalue weighted by Crippen LogP contribution is 2.22. The minimum atomic E-state index is -0.548. The number of Topliss-reactive ketones (excluding diaryl/α,β-unsaturated/α-hetero) is 1. The number of hydrogen-bond donors (Lipinski definition) is 0. The summed E-state index contributed by atoms with van der Waals surface area (Å²) in [6, 6.07) is 1.97. The van der Waals surface area contributed by atoms with E-state index in [4.69, 9.17) is 4.74 Å². The predicted octanol–water partition coefficient (Wildman–Crippen LogP) is 2.81. The lowest BCUT2D eigenvalue weighted by Crippen LogP contribution is -2.32. The molecule has 0 radical (unpaired) electrons. The first kappa shape index (κ1) is 17.5. The topological polar surface area (TPSA) is 63.7 Å². The number of ketones is 1. The molecule has 1 fully saturated rings. The molecule has 5 nitrogen and oxygen atoms in total. The van der Waals surface area contributed by atoms with Crippen LogP contribution in [-0.2, 0) is 9.53 Å². The fourth-order valence-electron chi connectivity index (χ4n) is 2.70. The average Bonchev–Trinajstić information content (AvgIpc) is 2.88. The first-order valence-corrected chi connectivity index (χ1v) is 8.47. The number of benzene rings is 1. The van der Waals surface area contributed by atoms with Crippen molar-refractivity contribution in [2.45, 2.75) is 27.7 Å². The zero-order valence-corrected chi connectivity index (χ0v) is 14.7. The molecule has 1 aliphatic heterocycles. The van der Waals surface area contributed by atoms with Crippen molar-refractivity contribution in [3.05, 3.63) is 33.9 Å². The van der Waals surface area contributed by atoms with Crippen molar-refractivity contribution in [1.82, 2.24) is 4.90 Å². The monoisotopic (exact) mass is 335 g/mol. The lowest BCUT2D eigenvalue weighted by atomic mass is 9.92. The van der Waals surface area contributed by atoms with Crippen LogP contribution in [0.5, 0.6) is 0 Å². The molecule has 0 spiro atoms. The molecule has 0 aliphatic carbocycles. The minimum Gasteiger partial charge on any atom is -0.456 e. The SMILES string of the molecule is Cc1cc(C)c(C(=O)COC(=O)CN2CCSC2=O)c(C)c1C. The summed E-state index contributed by atoms with van der Waals surface area (Å²) in [5, 5.41) is -0.117. The van der Waals surface area contributed by atoms with Crippen LogP contribution in [0.3, 0.4) is 0 Å². The van der Waals surface area contributed by atoms with Gasteiger partial charge >= 0.3 is 5.97 Å². The van der Waals surface area contributed by atoms with E-state index in [1.54, 1.807) is 0 Å². The summed E-state index contributed by atoms with van der Waals surface area (Å²) >= 11 is 1.19. The quantitative estimate of drug-likeness (QED) is 0.611. The number of rotatable bonds is 5. The number of carbonyl (C=O) groups is 3. The van der Waals surface area contributed by atoms with Gasteiger partial charge in [0, 0.05) is 17.9 Å². The number of carbonyl (C=O) groups excluding carboxylic acids is 3. The summed E-state index contributed by atoms with van der Waals surface area (Å²) in [4.78, 5) is 37.1. The highest BCUT2D eigenvalue weighted by molar-refractivity contribution is 8.13. The van der Waals surface area contributed by atoms with Gasteiger partial charge in [0.15, 0.2) is 6.61 Å². The van der Waals surface area contributed by atoms with E-state index in [1.807, 2.05) is 33.8 Å². The van der Waals surface area contributed by atoms with Gasteiger partial charge in [-0.15, -0.1) is 0 Å². The molecule has 1 aromatic rings. The van der Waals surface area contributed by atoms with Crippen LogP contribution in [0.25, 0.3) is 0 Å². The highest BCUT2D eigenvalue weighted by Gasteiger charge is 2.24. The molecular weight excluding hydrogens is 314 g/mol. The summed E-state index contributed by atoms with van der Waals surface area (Å²) in [7, 11) is 0. The normalized spacial score (nSPS) is 14.3. The van der Waals surface area contributed by atoms with Crippen LogP contribution in [0.2, 0.25) is 0 Å². The second-order valence-corrected chi connectivity index (χ2v) is 6.80. The largest absolute Gasteiger partial charge is 0.456 e. The van der Waals surface area contributed by atoms with Gasteiger partial charge in [-0.3, -0.25) is 14.4 Å². The maximum Gasteiger partial charge on any atom is 0.326 e. The first-order chi connectivity index (χ1) is 10.8. The Labute approximate surface area is 140 Å². The van der Waals surface area contributed by atoms with Crippen LogP contribution in [0.4, 0.5) is 4.79 Å². The van der Waals surface area contributed by atoms with Crippen molar-refractivity contribution in [3.63, 3.8) is 0 Å². The number of esters is 1. The van der Waals surface area contributed by atoms with Crippen molar-refractivity contribution in [2.75, 3.05) is 25.4 Å². The Hall–Kier alpha value is -1.82. The summed E-state index contributed by atoms with van der Waals surface area (Å²) in [6.07, 6.45) is 0. The summed E-state index contributed by atoms with van der Waals surface area (Å²) in [5.74, 6) is -0.0709. The molecule has 6 heteroatoms. The van der Waals surface area contributed by atoms with Gasteiger partial charge < -0.3 is 9.64 Å². The van der Waals surface area contributed by atoms with E-state index in [2.05, 4.69) is 0 Å². The molecule has 1 aromatic carbocycles. The zero-order valence-electron chi connectivity index (χ0n) is 13.9. The van der Waals surface area contributed by atoms with Crippen LogP contribution >= 0.6 is 11.8 Å². The Bertz CT molecular complexity index is 669. The van der Waals surface area contributed by atoms with E-state index in [-0.39, 0.29) is 24.2 Å². The van der Waals surface area contributed by atoms with Gasteiger partial charge in [-0.05, 0) is 49.9 Å². The maximum atomic E-state index is 12.4. The van der Waals surface area contributed by atoms with Gasteiger partial charge in [-0.2, -0.15) is 0 Å². The second-order valence-electron chi connectivity index (χ2n) is 5.76. The van der Waals surface area contributed by atoms with Crippen LogP contribution in [0.1, 0.15) is 32.6 Å². The van der Waals surface area contributed by atoms with Gasteiger partial charge in [-0.1, -0.05) is 17.8 Å². The number of thioether (sulfide) groups is 1. The van der Waals surface area contributed by atoms with Gasteiger partial charge in [0.2, 0.25) is 5.78 Å². The number of amides is 1. The summed E-state index contributed by atoms with van der Waals surface area (Å²) in [5.41, 5.74) is 4.64. The van der Waals surface area contributed by atoms with E-state index in [9.17, 15) is 14.4 Å². The molecule has 0 saturated carbocycles. The number of nitrogens with zero attached hydrogens (tertiary/aromatic N) is 1. The molecular formula is C17H21NO4S. The van der Waals surface area contributed by atoms with Crippen molar-refractivity contribution < 1.29 is 19.1 Å². The predicted molar refractivity (Wildman–Crippen MR) is 90.1 cm³/mol. The highest BCUT2D eigenvalue weighted by atomic mass is 32.2. The van der Waals surface area contributed by atoms with E-state index in [1.165, 1.54) is 16.7 Å². The molecule has 1 amide bonds. The molecule has 1 aliphatic rings. The Morgan fingerprint density at radius 1 is 1.17 bits per heavy atom. The Morgan fingerprint density at radius 3 is 2.48 bits per heavy atom. The van der Waals surface area contributed by atoms with E-state index < -0.39 is 5.97 Å². The molecule has 1 saturated heterocycles. The molecule has 0 atom stereocenters. The van der Waals surface area contributed by atoms with Crippen LogP contribution in [0.15, 0.2) is 6.07 Å². The van der Waals surface area contributed by atoms with Crippen molar-refractivity contribution in [3.8, 4) is 0 Å². The summed E-state index contributed by atoms with van der Waals surface area (Å²) < 4.78 is 5.06. The standard InChI is InChI=1S/C17H21NO4S/c1-10-7-11(2)16(13(4)12(10)3)14(19)9-22-15(20)8-18-5-6-23-17(18)21/h7H,5-6,8-9H2,1-4H3. The first-order valence-electron chi connectivity index (χ1n) is 7.49. The van der Waals surface area contributed by atoms with Crippen LogP contribution in [0, 0.1) is 27.7 Å². The number of ether oxygens (including phenoxy) is 1. The van der Waals surface area contributed by atoms with Crippen molar-refractivity contribution in [2.24, 2.45) is 0 Å². The molecule has 2 rings (SSSR count). The van der Waals surface area contributed by atoms with Gasteiger partial charge in [-0.25, -0.2) is 0 Å². The third kappa shape index (κ3) is 3.93. The smallest absolute Gasteiger partial charge is 0.326 e. The zero-order chi connectivity index (χ0) is 17.1. The molecule has 1 heterocycles. The van der Waals surface area contributed by atoms with Gasteiger partial charge in [0.1, 0.15) is 6.54 Å². The second kappa shape index (κ2) is 7.17. The lowest BCUT2D eigenvalue weighted by molar-refractivity contribution is -0.142. The fraction of sp³-hybridized carbons (Fsp3) is 0.471. The van der Waals surface area contributed by atoms with Crippen molar-refractivity contribution in [1.29, 1.82) is 0 Å². The van der Waals surface area contributed by atoms with Crippen LogP contribution in [-0.4, -0.2) is 47.3 Å². The minimum absolute atomic E-state index is 0.0933. The van der Waals surface area contributed by atoms with Crippen LogP contribution < -0.4 is 0 Å². The maximum absolute atomic E-state index is 12.4. The molecule has 0 aromatic heterocycles. The number of aryl methyl sites for hydroxylation is 2. The van der Waals surface area contributed by atoms with Gasteiger partial charge in [0.05, 0.1) is 0 Å². The molecule has 23 heavy (non-hydrogen) atoms. The third-order valence-electron chi connectivity index (χ3n) is 4.16. The van der Waals surface area contributed by atoms with Gasteiger partial charge in [0.25, 0.3) is 5.24 Å². The molecule has 124 valence electrons. The fourth-order valence-corrected chi connectivity index (χ4v) is 3.53. The summed E-state index contributed by atoms with van der Waals surface area (Å²) in [6.45, 7) is 7.93. The van der Waals surface area contributed by atoms with E-state index in [0.29, 0.717) is 17.9 Å². The third-order valence-corrected chi connectivity index (χ3v) is 5.06. The molecule has 0 bridgehead atoms. The average molecular weight is 335 g/mol. The Kier molecular flexibility index (Phi) is 5.46. The number of hydrogen-bond acceptors (Lipinski definition) is 5. The van der Waals surface area contributed by atoms with Crippen molar-refractivity contribution >= 4 is 28.8 Å². The Morgan fingerprint density at radius 2 is 1.87 bits per heavy atom. The lowest BCUT2D eigenvalue weighted by Gasteiger charge is -2.15. The Balaban J connectivity index is 1.99. The van der Waals surface area contributed by atoms with E-state index in [0.717, 1.165) is 22.3 Å².